The van der Waals surface area contributed by atoms with Crippen LogP contribution in [0.2, 0.25) is 0 Å². The third kappa shape index (κ3) is 7.41. The average Bonchev–Trinajstić information content (AvgIpc) is 3.02. The highest BCUT2D eigenvalue weighted by atomic mass is 19.1. The van der Waals surface area contributed by atoms with Gasteiger partial charge in [-0.2, -0.15) is 0 Å². The van der Waals surface area contributed by atoms with Crippen LogP contribution in [-0.2, 0) is 22.4 Å². The van der Waals surface area contributed by atoms with E-state index in [1.54, 1.807) is 25.4 Å². The van der Waals surface area contributed by atoms with E-state index in [9.17, 15) is 9.59 Å². The lowest BCUT2D eigenvalue weighted by molar-refractivity contribution is -0.136. The molecule has 0 saturated carbocycles. The maximum absolute atomic E-state index is 15.1. The Morgan fingerprint density at radius 2 is 1.79 bits per heavy atom. The fourth-order valence-electron chi connectivity index (χ4n) is 5.10. The molecule has 1 aromatic heterocycles. The van der Waals surface area contributed by atoms with Crippen molar-refractivity contribution in [1.82, 2.24) is 15.6 Å². The number of rotatable bonds is 10. The summed E-state index contributed by atoms with van der Waals surface area (Å²) in [6, 6.07) is 19.7. The van der Waals surface area contributed by atoms with E-state index >= 15 is 4.39 Å². The van der Waals surface area contributed by atoms with Crippen molar-refractivity contribution >= 4 is 28.4 Å². The van der Waals surface area contributed by atoms with E-state index in [1.807, 2.05) is 48.5 Å². The second kappa shape index (κ2) is 13.9. The minimum atomic E-state index is -0.847. The molecule has 0 bridgehead atoms. The molecule has 218 valence electrons. The summed E-state index contributed by atoms with van der Waals surface area (Å²) in [4.78, 5) is 29.1. The Balaban J connectivity index is 1.22. The molecule has 8 nitrogen and oxygen atoms in total. The molecular formula is C33H35FN4O4. The molecule has 0 atom stereocenters. The summed E-state index contributed by atoms with van der Waals surface area (Å²) in [6.07, 6.45) is 4.76. The lowest BCUT2D eigenvalue weighted by Gasteiger charge is -2.23. The maximum atomic E-state index is 15.1. The van der Waals surface area contributed by atoms with E-state index in [4.69, 9.17) is 9.47 Å². The van der Waals surface area contributed by atoms with Crippen LogP contribution in [0.5, 0.6) is 11.5 Å². The monoisotopic (exact) mass is 570 g/mol. The minimum Gasteiger partial charge on any atom is -0.493 e. The molecule has 2 amide bonds. The maximum Gasteiger partial charge on any atom is 0.313 e. The first-order chi connectivity index (χ1) is 20.5. The van der Waals surface area contributed by atoms with Crippen molar-refractivity contribution in [3.8, 4) is 11.5 Å². The van der Waals surface area contributed by atoms with E-state index < -0.39 is 17.6 Å². The molecule has 1 fully saturated rings. The Labute approximate surface area is 244 Å². The smallest absolute Gasteiger partial charge is 0.313 e. The van der Waals surface area contributed by atoms with Crippen LogP contribution in [0.15, 0.2) is 72.9 Å². The van der Waals surface area contributed by atoms with Crippen molar-refractivity contribution < 1.29 is 23.5 Å². The van der Waals surface area contributed by atoms with E-state index in [1.165, 1.54) is 6.07 Å². The van der Waals surface area contributed by atoms with Gasteiger partial charge in [0.05, 0.1) is 19.2 Å². The zero-order valence-corrected chi connectivity index (χ0v) is 23.6. The molecular weight excluding hydrogens is 535 g/mol. The number of nitrogens with one attached hydrogen (secondary N) is 3. The van der Waals surface area contributed by atoms with Crippen molar-refractivity contribution in [3.63, 3.8) is 0 Å². The number of benzene rings is 3. The number of pyridine rings is 1. The molecule has 3 aromatic carbocycles. The van der Waals surface area contributed by atoms with Gasteiger partial charge in [0, 0.05) is 36.3 Å². The molecule has 2 heterocycles. The van der Waals surface area contributed by atoms with Gasteiger partial charge in [-0.1, -0.05) is 36.4 Å². The van der Waals surface area contributed by atoms with Gasteiger partial charge < -0.3 is 25.4 Å². The van der Waals surface area contributed by atoms with Gasteiger partial charge in [-0.15, -0.1) is 0 Å². The molecule has 42 heavy (non-hydrogen) atoms. The van der Waals surface area contributed by atoms with Gasteiger partial charge in [0.1, 0.15) is 5.82 Å². The molecule has 5 rings (SSSR count). The number of fused-ring (bicyclic) bond motifs is 1. The molecule has 1 aliphatic rings. The van der Waals surface area contributed by atoms with Crippen molar-refractivity contribution in [2.24, 2.45) is 5.92 Å². The van der Waals surface area contributed by atoms with E-state index in [0.717, 1.165) is 48.0 Å². The topological polar surface area (TPSA) is 102 Å². The van der Waals surface area contributed by atoms with Gasteiger partial charge in [-0.25, -0.2) is 4.39 Å². The largest absolute Gasteiger partial charge is 0.493 e. The summed E-state index contributed by atoms with van der Waals surface area (Å²) in [6.45, 7) is 2.94. The fraction of sp³-hybridized carbons (Fsp3) is 0.303. The number of piperidine rings is 1. The predicted octanol–water partition coefficient (Wildman–Crippen LogP) is 4.65. The summed E-state index contributed by atoms with van der Waals surface area (Å²) in [5.74, 6) is -0.367. The van der Waals surface area contributed by atoms with Crippen LogP contribution in [0.1, 0.15) is 29.5 Å². The van der Waals surface area contributed by atoms with Gasteiger partial charge in [0.25, 0.3) is 0 Å². The van der Waals surface area contributed by atoms with Crippen LogP contribution < -0.4 is 25.4 Å². The fourth-order valence-corrected chi connectivity index (χ4v) is 5.10. The van der Waals surface area contributed by atoms with Gasteiger partial charge >= 0.3 is 11.8 Å². The average molecular weight is 571 g/mol. The first-order valence-electron chi connectivity index (χ1n) is 14.2. The lowest BCUT2D eigenvalue weighted by atomic mass is 9.99. The molecule has 0 aliphatic carbocycles. The summed E-state index contributed by atoms with van der Waals surface area (Å²) in [7, 11) is 1.60. The first kappa shape index (κ1) is 29.0. The molecule has 3 N–H and O–H groups in total. The molecule has 1 aliphatic heterocycles. The highest BCUT2D eigenvalue weighted by molar-refractivity contribution is 6.39. The van der Waals surface area contributed by atoms with Crippen molar-refractivity contribution in [3.05, 3.63) is 95.4 Å². The number of ether oxygens (including phenoxy) is 2. The number of carbonyl (C=O) groups is 2. The number of anilines is 1. The minimum absolute atomic E-state index is 0.205. The van der Waals surface area contributed by atoms with Gasteiger partial charge in [0.15, 0.2) is 11.5 Å². The number of carbonyl (C=O) groups excluding carboxylic acids is 2. The zero-order valence-electron chi connectivity index (χ0n) is 23.6. The molecule has 9 heteroatoms. The SMILES string of the molecule is COc1cc2c(Cc3ccc(NC(=O)C(=O)NCCc4ccccc4)cc3F)ccnc2cc1OCC1CCNCC1. The molecule has 4 aromatic rings. The van der Waals surface area contributed by atoms with E-state index in [2.05, 4.69) is 20.9 Å². The number of aromatic nitrogens is 1. The highest BCUT2D eigenvalue weighted by Gasteiger charge is 2.18. The Bertz CT molecular complexity index is 1540. The normalized spacial score (nSPS) is 13.5. The number of amides is 2. The van der Waals surface area contributed by atoms with Crippen molar-refractivity contribution in [1.29, 1.82) is 0 Å². The molecule has 0 radical (unpaired) electrons. The standard InChI is InChI=1S/C33H35FN4O4/c1-41-30-19-27-24(12-16-36-29(27)20-31(30)42-21-23-9-13-35-14-10-23)17-25-7-8-26(18-28(25)34)38-33(40)32(39)37-15-11-22-5-3-2-4-6-22/h2-8,12,16,18-20,23,35H,9-11,13-15,17,21H2,1H3,(H,37,39)(H,38,40). The number of methoxy groups -OCH3 is 1. The quantitative estimate of drug-likeness (QED) is 0.240. The van der Waals surface area contributed by atoms with Crippen LogP contribution in [0.4, 0.5) is 10.1 Å². The van der Waals surface area contributed by atoms with Gasteiger partial charge in [-0.05, 0) is 79.2 Å². The van der Waals surface area contributed by atoms with E-state index in [0.29, 0.717) is 49.0 Å². The predicted molar refractivity (Wildman–Crippen MR) is 160 cm³/mol. The summed E-state index contributed by atoms with van der Waals surface area (Å²) in [5.41, 5.74) is 3.31. The molecule has 0 unspecified atom stereocenters. The van der Waals surface area contributed by atoms with E-state index in [-0.39, 0.29) is 5.69 Å². The summed E-state index contributed by atoms with van der Waals surface area (Å²) >= 11 is 0. The third-order valence-electron chi connectivity index (χ3n) is 7.49. The lowest BCUT2D eigenvalue weighted by Crippen LogP contribution is -2.36. The second-order valence-corrected chi connectivity index (χ2v) is 10.4. The highest BCUT2D eigenvalue weighted by Crippen LogP contribution is 2.34. The van der Waals surface area contributed by atoms with Crippen LogP contribution in [0, 0.1) is 11.7 Å². The number of halogens is 1. The number of nitrogens with zero attached hydrogens (tertiary/aromatic N) is 1. The first-order valence-corrected chi connectivity index (χ1v) is 14.2. The van der Waals surface area contributed by atoms with Gasteiger partial charge in [-0.3, -0.25) is 14.6 Å². The van der Waals surface area contributed by atoms with Crippen LogP contribution in [-0.4, -0.2) is 50.1 Å². The molecule has 1 saturated heterocycles. The zero-order chi connectivity index (χ0) is 29.3. The van der Waals surface area contributed by atoms with Crippen molar-refractivity contribution in [2.45, 2.75) is 25.7 Å². The van der Waals surface area contributed by atoms with Crippen molar-refractivity contribution in [2.75, 3.05) is 38.7 Å². The molecule has 0 spiro atoms. The Morgan fingerprint density at radius 3 is 2.55 bits per heavy atom. The van der Waals surface area contributed by atoms with Gasteiger partial charge in [0.2, 0.25) is 0 Å². The van der Waals surface area contributed by atoms with Crippen LogP contribution >= 0.6 is 0 Å². The van der Waals surface area contributed by atoms with Crippen LogP contribution in [0.25, 0.3) is 10.9 Å². The summed E-state index contributed by atoms with van der Waals surface area (Å²) in [5, 5.41) is 9.27. The Morgan fingerprint density at radius 1 is 0.976 bits per heavy atom. The number of hydrogen-bond donors (Lipinski definition) is 3. The Kier molecular flexibility index (Phi) is 9.61. The number of hydrogen-bond acceptors (Lipinski definition) is 6. The third-order valence-corrected chi connectivity index (χ3v) is 7.49. The van der Waals surface area contributed by atoms with Crippen LogP contribution in [0.3, 0.4) is 0 Å². The Hall–Kier alpha value is -4.50. The summed E-state index contributed by atoms with van der Waals surface area (Å²) < 4.78 is 26.9. The second-order valence-electron chi connectivity index (χ2n) is 10.4.